The highest BCUT2D eigenvalue weighted by molar-refractivity contribution is 8.00. The molecule has 33 heavy (non-hydrogen) atoms. The molecule has 0 aliphatic rings. The maximum Gasteiger partial charge on any atom is 0.332 e. The molecule has 0 spiro atoms. The van der Waals surface area contributed by atoms with Gasteiger partial charge >= 0.3 is 5.69 Å². The molecule has 0 aliphatic heterocycles. The second-order valence-corrected chi connectivity index (χ2v) is 10.1. The van der Waals surface area contributed by atoms with Crippen molar-refractivity contribution in [3.05, 3.63) is 61.3 Å². The number of hydrogen-bond donors (Lipinski definition) is 0. The predicted molar refractivity (Wildman–Crippen MR) is 127 cm³/mol. The maximum atomic E-state index is 14.1. The maximum absolute atomic E-state index is 14.1. The summed E-state index contributed by atoms with van der Waals surface area (Å²) in [6.07, 6.45) is 0. The molecular weight excluding hydrogens is 469 g/mol. The minimum atomic E-state index is -0.532. The summed E-state index contributed by atoms with van der Waals surface area (Å²) in [5.74, 6) is -0.398. The molecule has 3 rings (SSSR count). The average Bonchev–Trinajstić information content (AvgIpc) is 2.75. The molecule has 0 fully saturated rings. The summed E-state index contributed by atoms with van der Waals surface area (Å²) in [4.78, 5) is 48.5. The topological polar surface area (TPSA) is 90.1 Å². The summed E-state index contributed by atoms with van der Waals surface area (Å²) in [6.45, 7) is 5.75. The standard InChI is InChI=1S/C22H25ClFN5O3S/c1-22(2,3)20-25-17-16(19(31)29(6)21(32)28(17)5)18(26-20)33-11-15(30)27(4)10-12-13(23)8-7-9-14(12)24/h7-9H,10-11H2,1-6H3. The summed E-state index contributed by atoms with van der Waals surface area (Å²) < 4.78 is 16.4. The first kappa shape index (κ1) is 24.9. The van der Waals surface area contributed by atoms with Crippen LogP contribution in [0.15, 0.2) is 32.8 Å². The fraction of sp³-hybridized carbons (Fsp3) is 0.409. The first-order valence-corrected chi connectivity index (χ1v) is 11.5. The van der Waals surface area contributed by atoms with E-state index in [1.54, 1.807) is 13.1 Å². The third-order valence-corrected chi connectivity index (χ3v) is 6.47. The Labute approximate surface area is 199 Å². The Bertz CT molecular complexity index is 1340. The average molecular weight is 494 g/mol. The summed E-state index contributed by atoms with van der Waals surface area (Å²) in [7, 11) is 4.47. The molecule has 0 N–H and O–H groups in total. The van der Waals surface area contributed by atoms with Gasteiger partial charge < -0.3 is 4.90 Å². The lowest BCUT2D eigenvalue weighted by Crippen LogP contribution is -2.38. The smallest absolute Gasteiger partial charge is 0.332 e. The Kier molecular flexibility index (Phi) is 6.99. The van der Waals surface area contributed by atoms with E-state index in [9.17, 15) is 18.8 Å². The van der Waals surface area contributed by atoms with Crippen LogP contribution in [0.1, 0.15) is 32.2 Å². The van der Waals surface area contributed by atoms with Crippen molar-refractivity contribution >= 4 is 40.3 Å². The van der Waals surface area contributed by atoms with Crippen LogP contribution in [0.4, 0.5) is 4.39 Å². The van der Waals surface area contributed by atoms with E-state index in [0.717, 1.165) is 16.3 Å². The Balaban J connectivity index is 1.97. The van der Waals surface area contributed by atoms with E-state index < -0.39 is 22.5 Å². The molecule has 0 aliphatic carbocycles. The Morgan fingerprint density at radius 1 is 1.18 bits per heavy atom. The van der Waals surface area contributed by atoms with Gasteiger partial charge in [-0.3, -0.25) is 18.7 Å². The van der Waals surface area contributed by atoms with Crippen LogP contribution < -0.4 is 11.2 Å². The summed E-state index contributed by atoms with van der Waals surface area (Å²) >= 11 is 7.15. The zero-order chi connectivity index (χ0) is 24.7. The highest BCUT2D eigenvalue weighted by Gasteiger charge is 2.24. The number of aromatic nitrogens is 4. The number of benzene rings is 1. The summed E-state index contributed by atoms with van der Waals surface area (Å²) in [5, 5.41) is 0.723. The van der Waals surface area contributed by atoms with E-state index in [0.29, 0.717) is 10.9 Å². The molecule has 0 atom stereocenters. The third kappa shape index (κ3) is 4.96. The number of carbonyl (C=O) groups excluding carboxylic acids is 1. The summed E-state index contributed by atoms with van der Waals surface area (Å²) in [5.41, 5.74) is -1.05. The lowest BCUT2D eigenvalue weighted by atomic mass is 9.96. The highest BCUT2D eigenvalue weighted by atomic mass is 35.5. The largest absolute Gasteiger partial charge is 0.341 e. The molecule has 2 heterocycles. The van der Waals surface area contributed by atoms with Crippen LogP contribution in [0.25, 0.3) is 11.0 Å². The second kappa shape index (κ2) is 9.26. The number of thioether (sulfide) groups is 1. The van der Waals surface area contributed by atoms with Crippen molar-refractivity contribution in [3.8, 4) is 0 Å². The fourth-order valence-electron chi connectivity index (χ4n) is 3.12. The van der Waals surface area contributed by atoms with Gasteiger partial charge in [-0.2, -0.15) is 0 Å². The van der Waals surface area contributed by atoms with Crippen LogP contribution in [0.5, 0.6) is 0 Å². The van der Waals surface area contributed by atoms with Gasteiger partial charge in [0.05, 0.1) is 5.75 Å². The minimum absolute atomic E-state index is 0.00106. The van der Waals surface area contributed by atoms with E-state index in [2.05, 4.69) is 9.97 Å². The number of nitrogens with zero attached hydrogens (tertiary/aromatic N) is 5. The van der Waals surface area contributed by atoms with Crippen molar-refractivity contribution in [2.24, 2.45) is 14.1 Å². The number of hydrogen-bond acceptors (Lipinski definition) is 6. The quantitative estimate of drug-likeness (QED) is 0.401. The van der Waals surface area contributed by atoms with Crippen molar-refractivity contribution < 1.29 is 9.18 Å². The second-order valence-electron chi connectivity index (χ2n) is 8.75. The van der Waals surface area contributed by atoms with Gasteiger partial charge in [0.2, 0.25) is 5.91 Å². The van der Waals surface area contributed by atoms with Crippen LogP contribution >= 0.6 is 23.4 Å². The van der Waals surface area contributed by atoms with Crippen molar-refractivity contribution in [1.29, 1.82) is 0 Å². The van der Waals surface area contributed by atoms with Gasteiger partial charge in [0, 0.05) is 43.7 Å². The van der Waals surface area contributed by atoms with Gasteiger partial charge in [0.25, 0.3) is 5.56 Å². The minimum Gasteiger partial charge on any atom is -0.341 e. The summed E-state index contributed by atoms with van der Waals surface area (Å²) in [6, 6.07) is 4.35. The Morgan fingerprint density at radius 3 is 2.45 bits per heavy atom. The van der Waals surface area contributed by atoms with Gasteiger partial charge in [-0.05, 0) is 12.1 Å². The van der Waals surface area contributed by atoms with E-state index in [1.807, 2.05) is 20.8 Å². The van der Waals surface area contributed by atoms with E-state index in [-0.39, 0.29) is 39.8 Å². The molecule has 0 bridgehead atoms. The van der Waals surface area contributed by atoms with Gasteiger partial charge in [0.15, 0.2) is 5.65 Å². The van der Waals surface area contributed by atoms with Crippen LogP contribution in [-0.2, 0) is 30.8 Å². The normalized spacial score (nSPS) is 11.8. The molecule has 0 unspecified atom stereocenters. The van der Waals surface area contributed by atoms with Crippen molar-refractivity contribution in [2.45, 2.75) is 37.8 Å². The third-order valence-electron chi connectivity index (χ3n) is 5.15. The van der Waals surface area contributed by atoms with Crippen LogP contribution in [-0.4, -0.2) is 42.7 Å². The Hall–Kier alpha value is -2.72. The van der Waals surface area contributed by atoms with Gasteiger partial charge in [-0.25, -0.2) is 19.2 Å². The van der Waals surface area contributed by atoms with E-state index >= 15 is 0 Å². The van der Waals surface area contributed by atoms with Crippen LogP contribution in [0, 0.1) is 5.82 Å². The van der Waals surface area contributed by atoms with Crippen molar-refractivity contribution in [2.75, 3.05) is 12.8 Å². The molecule has 1 aromatic carbocycles. The molecule has 0 saturated carbocycles. The number of carbonyl (C=O) groups is 1. The zero-order valence-electron chi connectivity index (χ0n) is 19.3. The Morgan fingerprint density at radius 2 is 1.85 bits per heavy atom. The first-order valence-electron chi connectivity index (χ1n) is 10.1. The van der Waals surface area contributed by atoms with E-state index in [4.69, 9.17) is 11.6 Å². The first-order chi connectivity index (χ1) is 15.3. The number of amides is 1. The molecule has 1 amide bonds. The van der Waals surface area contributed by atoms with Gasteiger partial charge in [-0.1, -0.05) is 50.2 Å². The number of aryl methyl sites for hydroxylation is 1. The zero-order valence-corrected chi connectivity index (χ0v) is 20.8. The molecule has 11 heteroatoms. The lowest BCUT2D eigenvalue weighted by molar-refractivity contribution is -0.127. The molecular formula is C22H25ClFN5O3S. The molecule has 2 aromatic heterocycles. The van der Waals surface area contributed by atoms with Gasteiger partial charge in [0.1, 0.15) is 22.1 Å². The van der Waals surface area contributed by atoms with Crippen LogP contribution in [0.3, 0.4) is 0 Å². The molecule has 0 radical (unpaired) electrons. The lowest BCUT2D eigenvalue weighted by Gasteiger charge is -2.20. The highest BCUT2D eigenvalue weighted by Crippen LogP contribution is 2.27. The molecule has 3 aromatic rings. The SMILES string of the molecule is CN(Cc1c(F)cccc1Cl)C(=O)CSc1nc(C(C)(C)C)nc2c1c(=O)n(C)c(=O)n2C. The van der Waals surface area contributed by atoms with Crippen LogP contribution in [0.2, 0.25) is 5.02 Å². The number of halogens is 2. The van der Waals surface area contributed by atoms with Gasteiger partial charge in [-0.15, -0.1) is 0 Å². The molecule has 0 saturated heterocycles. The molecule has 176 valence electrons. The van der Waals surface area contributed by atoms with E-state index in [1.165, 1.54) is 35.7 Å². The number of rotatable bonds is 5. The number of fused-ring (bicyclic) bond motifs is 1. The molecule has 8 nitrogen and oxygen atoms in total. The predicted octanol–water partition coefficient (Wildman–Crippen LogP) is 2.87. The fourth-order valence-corrected chi connectivity index (χ4v) is 4.30. The van der Waals surface area contributed by atoms with Crippen molar-refractivity contribution in [1.82, 2.24) is 24.0 Å². The van der Waals surface area contributed by atoms with Crippen molar-refractivity contribution in [3.63, 3.8) is 0 Å². The monoisotopic (exact) mass is 493 g/mol.